The normalized spacial score (nSPS) is 11.0. The molecule has 0 aliphatic carbocycles. The standard InChI is InChI=1S/C11H10N2O4S2/c1-17-10(14)8-4-2-3-5-9(8)19(15,16)13-11-12-6-7-18-11/h2-7H,1H3,(H,12,13). The third-order valence-electron chi connectivity index (χ3n) is 2.24. The van der Waals surface area contributed by atoms with Crippen LogP contribution in [0.3, 0.4) is 0 Å². The highest BCUT2D eigenvalue weighted by molar-refractivity contribution is 7.93. The van der Waals surface area contributed by atoms with Crippen LogP contribution in [-0.2, 0) is 14.8 Å². The number of hydrogen-bond acceptors (Lipinski definition) is 6. The summed E-state index contributed by atoms with van der Waals surface area (Å²) in [7, 11) is -2.68. The fourth-order valence-corrected chi connectivity index (χ4v) is 3.41. The van der Waals surface area contributed by atoms with E-state index in [0.717, 1.165) is 11.3 Å². The quantitative estimate of drug-likeness (QED) is 0.869. The molecule has 1 aromatic carbocycles. The number of nitrogens with zero attached hydrogens (tertiary/aromatic N) is 1. The van der Waals surface area contributed by atoms with Crippen LogP contribution in [0.1, 0.15) is 10.4 Å². The maximum atomic E-state index is 12.2. The van der Waals surface area contributed by atoms with Crippen LogP contribution in [-0.4, -0.2) is 26.5 Å². The second kappa shape index (κ2) is 5.37. The van der Waals surface area contributed by atoms with Crippen molar-refractivity contribution in [2.75, 3.05) is 11.8 Å². The van der Waals surface area contributed by atoms with E-state index < -0.39 is 16.0 Å². The maximum Gasteiger partial charge on any atom is 0.339 e. The number of thiazole rings is 1. The van der Waals surface area contributed by atoms with Gasteiger partial charge in [0.05, 0.1) is 12.7 Å². The number of carbonyl (C=O) groups is 1. The molecule has 2 rings (SSSR count). The molecular weight excluding hydrogens is 288 g/mol. The van der Waals surface area contributed by atoms with E-state index in [-0.39, 0.29) is 15.6 Å². The van der Waals surface area contributed by atoms with Crippen molar-refractivity contribution in [3.63, 3.8) is 0 Å². The Bertz CT molecular complexity index is 680. The summed E-state index contributed by atoms with van der Waals surface area (Å²) in [5, 5.41) is 1.88. The minimum absolute atomic E-state index is 0.0194. The number of methoxy groups -OCH3 is 1. The van der Waals surface area contributed by atoms with Gasteiger partial charge in [0.2, 0.25) is 0 Å². The third kappa shape index (κ3) is 2.91. The van der Waals surface area contributed by atoms with Crippen LogP contribution in [0.5, 0.6) is 0 Å². The molecule has 1 heterocycles. The molecule has 1 aromatic heterocycles. The second-order valence-electron chi connectivity index (χ2n) is 3.43. The number of carbonyl (C=O) groups excluding carboxylic acids is 1. The molecule has 0 aliphatic heterocycles. The topological polar surface area (TPSA) is 85.4 Å². The van der Waals surface area contributed by atoms with E-state index in [4.69, 9.17) is 0 Å². The molecule has 6 nitrogen and oxygen atoms in total. The summed E-state index contributed by atoms with van der Waals surface area (Å²) in [6.45, 7) is 0. The van der Waals surface area contributed by atoms with Gasteiger partial charge >= 0.3 is 5.97 Å². The van der Waals surface area contributed by atoms with Crippen molar-refractivity contribution in [1.29, 1.82) is 0 Å². The summed E-state index contributed by atoms with van der Waals surface area (Å²) >= 11 is 1.15. The second-order valence-corrected chi connectivity index (χ2v) is 5.98. The number of anilines is 1. The van der Waals surface area contributed by atoms with Gasteiger partial charge < -0.3 is 4.74 Å². The predicted molar refractivity (Wildman–Crippen MR) is 70.7 cm³/mol. The number of aromatic nitrogens is 1. The highest BCUT2D eigenvalue weighted by atomic mass is 32.2. The number of benzene rings is 1. The van der Waals surface area contributed by atoms with E-state index in [1.54, 1.807) is 11.4 Å². The van der Waals surface area contributed by atoms with Crippen LogP contribution in [0.4, 0.5) is 5.13 Å². The zero-order chi connectivity index (χ0) is 13.9. The van der Waals surface area contributed by atoms with Gasteiger partial charge in [-0.25, -0.2) is 18.2 Å². The van der Waals surface area contributed by atoms with Crippen LogP contribution in [0, 0.1) is 0 Å². The Morgan fingerprint density at radius 2 is 2.11 bits per heavy atom. The molecule has 19 heavy (non-hydrogen) atoms. The summed E-state index contributed by atoms with van der Waals surface area (Å²) in [6.07, 6.45) is 1.48. The van der Waals surface area contributed by atoms with Crippen LogP contribution in [0.15, 0.2) is 40.7 Å². The molecule has 8 heteroatoms. The van der Waals surface area contributed by atoms with E-state index >= 15 is 0 Å². The van der Waals surface area contributed by atoms with E-state index in [9.17, 15) is 13.2 Å². The predicted octanol–water partition coefficient (Wildman–Crippen LogP) is 1.73. The van der Waals surface area contributed by atoms with Crippen LogP contribution < -0.4 is 4.72 Å². The lowest BCUT2D eigenvalue weighted by Crippen LogP contribution is -2.17. The van der Waals surface area contributed by atoms with E-state index in [2.05, 4.69) is 14.4 Å². The largest absolute Gasteiger partial charge is 0.465 e. The van der Waals surface area contributed by atoms with E-state index in [1.807, 2.05) is 0 Å². The Labute approximate surface area is 114 Å². The van der Waals surface area contributed by atoms with Crippen molar-refractivity contribution in [1.82, 2.24) is 4.98 Å². The lowest BCUT2D eigenvalue weighted by Gasteiger charge is -2.09. The van der Waals surface area contributed by atoms with E-state index in [1.165, 1.54) is 31.5 Å². The summed E-state index contributed by atoms with van der Waals surface area (Å²) < 4.78 is 31.2. The molecule has 0 radical (unpaired) electrons. The van der Waals surface area contributed by atoms with Crippen LogP contribution in [0.25, 0.3) is 0 Å². The number of sulfonamides is 1. The highest BCUT2D eigenvalue weighted by Gasteiger charge is 2.23. The fourth-order valence-electron chi connectivity index (χ4n) is 1.42. The molecule has 0 bridgehead atoms. The first-order valence-electron chi connectivity index (χ1n) is 5.14. The Morgan fingerprint density at radius 3 is 2.74 bits per heavy atom. The lowest BCUT2D eigenvalue weighted by molar-refractivity contribution is 0.0596. The molecular formula is C11H10N2O4S2. The molecule has 2 aromatic rings. The van der Waals surface area contributed by atoms with Crippen molar-refractivity contribution in [2.45, 2.75) is 4.90 Å². The smallest absolute Gasteiger partial charge is 0.339 e. The van der Waals surface area contributed by atoms with Crippen LogP contribution in [0.2, 0.25) is 0 Å². The first-order chi connectivity index (χ1) is 9.04. The maximum absolute atomic E-state index is 12.2. The van der Waals surface area contributed by atoms with Gasteiger partial charge in [0, 0.05) is 11.6 Å². The first-order valence-corrected chi connectivity index (χ1v) is 7.50. The molecule has 1 N–H and O–H groups in total. The number of ether oxygens (including phenoxy) is 1. The highest BCUT2D eigenvalue weighted by Crippen LogP contribution is 2.21. The van der Waals surface area contributed by atoms with Crippen molar-refractivity contribution in [3.8, 4) is 0 Å². The molecule has 0 saturated heterocycles. The van der Waals surface area contributed by atoms with Gasteiger partial charge in [-0.05, 0) is 12.1 Å². The molecule has 0 aliphatic rings. The van der Waals surface area contributed by atoms with Gasteiger partial charge in [0.15, 0.2) is 5.13 Å². The molecule has 0 atom stereocenters. The number of esters is 1. The van der Waals surface area contributed by atoms with Gasteiger partial charge in [-0.3, -0.25) is 4.72 Å². The third-order valence-corrected chi connectivity index (χ3v) is 4.45. The average molecular weight is 298 g/mol. The van der Waals surface area contributed by atoms with Gasteiger partial charge in [0.25, 0.3) is 10.0 Å². The van der Waals surface area contributed by atoms with Gasteiger partial charge in [-0.15, -0.1) is 11.3 Å². The Balaban J connectivity index is 2.43. The summed E-state index contributed by atoms with van der Waals surface area (Å²) in [5.41, 5.74) is -0.0194. The zero-order valence-corrected chi connectivity index (χ0v) is 11.5. The number of nitrogens with one attached hydrogen (secondary N) is 1. The number of hydrogen-bond donors (Lipinski definition) is 1. The van der Waals surface area contributed by atoms with Crippen molar-refractivity contribution >= 4 is 32.5 Å². The van der Waals surface area contributed by atoms with Gasteiger partial charge in [-0.1, -0.05) is 12.1 Å². The zero-order valence-electron chi connectivity index (χ0n) is 9.86. The summed E-state index contributed by atoms with van der Waals surface area (Å²) in [6, 6.07) is 5.82. The number of rotatable bonds is 4. The molecule has 0 saturated carbocycles. The van der Waals surface area contributed by atoms with Crippen molar-refractivity contribution < 1.29 is 17.9 Å². The lowest BCUT2D eigenvalue weighted by atomic mass is 10.2. The van der Waals surface area contributed by atoms with Crippen molar-refractivity contribution in [3.05, 3.63) is 41.4 Å². The fraction of sp³-hybridized carbons (Fsp3) is 0.0909. The molecule has 0 unspecified atom stereocenters. The van der Waals surface area contributed by atoms with Crippen LogP contribution >= 0.6 is 11.3 Å². The summed E-state index contributed by atoms with van der Waals surface area (Å²) in [4.78, 5) is 15.2. The molecule has 0 fully saturated rings. The van der Waals surface area contributed by atoms with Gasteiger partial charge in [-0.2, -0.15) is 0 Å². The van der Waals surface area contributed by atoms with Crippen molar-refractivity contribution in [2.24, 2.45) is 0 Å². The molecule has 100 valence electrons. The Kier molecular flexibility index (Phi) is 3.82. The molecule has 0 amide bonds. The first kappa shape index (κ1) is 13.5. The average Bonchev–Trinajstić information content (AvgIpc) is 2.90. The molecule has 0 spiro atoms. The Hall–Kier alpha value is -1.93. The summed E-state index contributed by atoms with van der Waals surface area (Å²) in [5.74, 6) is -0.708. The minimum atomic E-state index is -3.87. The van der Waals surface area contributed by atoms with E-state index in [0.29, 0.717) is 0 Å². The SMILES string of the molecule is COC(=O)c1ccccc1S(=O)(=O)Nc1nccs1. The van der Waals surface area contributed by atoms with Gasteiger partial charge in [0.1, 0.15) is 4.90 Å². The minimum Gasteiger partial charge on any atom is -0.465 e. The Morgan fingerprint density at radius 1 is 1.37 bits per heavy atom. The monoisotopic (exact) mass is 298 g/mol.